The molecule has 0 unspecified atom stereocenters. The molecule has 1 rings (SSSR count). The van der Waals surface area contributed by atoms with E-state index < -0.39 is 10.9 Å². The van der Waals surface area contributed by atoms with Crippen molar-refractivity contribution in [1.29, 1.82) is 0 Å². The molecule has 0 saturated carbocycles. The molecule has 0 fully saturated rings. The molecule has 7 heteroatoms. The number of carbonyl (C=O) groups excluding carboxylic acids is 1. The number of nitro groups is 1. The van der Waals surface area contributed by atoms with Crippen LogP contribution < -0.4 is 9.47 Å². The van der Waals surface area contributed by atoms with Crippen molar-refractivity contribution in [3.8, 4) is 11.5 Å². The van der Waals surface area contributed by atoms with E-state index in [1.807, 2.05) is 0 Å². The molecule has 7 nitrogen and oxygen atoms in total. The Morgan fingerprint density at radius 3 is 2.59 bits per heavy atom. The molecule has 0 aromatic heterocycles. The largest absolute Gasteiger partial charge is 0.493 e. The zero-order chi connectivity index (χ0) is 12.8. The lowest BCUT2D eigenvalue weighted by molar-refractivity contribution is -0.385. The van der Waals surface area contributed by atoms with Crippen LogP contribution in [0.15, 0.2) is 18.2 Å². The number of rotatable bonds is 5. The molecule has 0 bridgehead atoms. The minimum atomic E-state index is -0.585. The van der Waals surface area contributed by atoms with E-state index in [4.69, 9.17) is 9.47 Å². The van der Waals surface area contributed by atoms with Gasteiger partial charge in [0.1, 0.15) is 0 Å². The van der Waals surface area contributed by atoms with Gasteiger partial charge in [0.05, 0.1) is 25.2 Å². The fourth-order valence-corrected chi connectivity index (χ4v) is 1.09. The predicted molar refractivity (Wildman–Crippen MR) is 57.2 cm³/mol. The van der Waals surface area contributed by atoms with Crippen molar-refractivity contribution >= 4 is 11.7 Å². The summed E-state index contributed by atoms with van der Waals surface area (Å²) in [6, 6.07) is 3.86. The second-order valence-corrected chi connectivity index (χ2v) is 2.96. The van der Waals surface area contributed by atoms with Crippen molar-refractivity contribution in [1.82, 2.24) is 0 Å². The normalized spacial score (nSPS) is 9.53. The van der Waals surface area contributed by atoms with Gasteiger partial charge in [0.2, 0.25) is 0 Å². The summed E-state index contributed by atoms with van der Waals surface area (Å²) in [5.41, 5.74) is -0.148. The van der Waals surface area contributed by atoms with Gasteiger partial charge < -0.3 is 14.2 Å². The summed E-state index contributed by atoms with van der Waals surface area (Å²) >= 11 is 0. The zero-order valence-corrected chi connectivity index (χ0v) is 9.34. The molecule has 1 aromatic carbocycles. The first kappa shape index (κ1) is 12.8. The van der Waals surface area contributed by atoms with E-state index in [2.05, 4.69) is 4.74 Å². The number of methoxy groups -OCH3 is 2. The van der Waals surface area contributed by atoms with Gasteiger partial charge in [0, 0.05) is 6.07 Å². The van der Waals surface area contributed by atoms with Gasteiger partial charge in [-0.25, -0.2) is 4.79 Å². The van der Waals surface area contributed by atoms with E-state index in [0.29, 0.717) is 5.75 Å². The van der Waals surface area contributed by atoms with Crippen molar-refractivity contribution in [3.05, 3.63) is 28.3 Å². The highest BCUT2D eigenvalue weighted by molar-refractivity contribution is 5.71. The van der Waals surface area contributed by atoms with Crippen LogP contribution in [-0.4, -0.2) is 31.7 Å². The first-order valence-corrected chi connectivity index (χ1v) is 4.60. The number of nitrogens with zero attached hydrogens (tertiary/aromatic N) is 1. The van der Waals surface area contributed by atoms with Crippen molar-refractivity contribution in [2.45, 2.75) is 0 Å². The lowest BCUT2D eigenvalue weighted by Gasteiger charge is -2.09. The second-order valence-electron chi connectivity index (χ2n) is 2.96. The van der Waals surface area contributed by atoms with Gasteiger partial charge in [-0.3, -0.25) is 10.1 Å². The van der Waals surface area contributed by atoms with Crippen LogP contribution in [0.1, 0.15) is 0 Å². The first-order chi connectivity index (χ1) is 8.08. The molecule has 0 spiro atoms. The molecule has 0 atom stereocenters. The highest BCUT2D eigenvalue weighted by Gasteiger charge is 2.13. The molecule has 0 heterocycles. The molecule has 1 aromatic rings. The van der Waals surface area contributed by atoms with Crippen LogP contribution in [0.2, 0.25) is 0 Å². The van der Waals surface area contributed by atoms with E-state index in [1.165, 1.54) is 32.4 Å². The van der Waals surface area contributed by atoms with Gasteiger partial charge in [0.25, 0.3) is 5.69 Å². The van der Waals surface area contributed by atoms with E-state index in [0.717, 1.165) is 0 Å². The van der Waals surface area contributed by atoms with Crippen LogP contribution in [0, 0.1) is 10.1 Å². The summed E-state index contributed by atoms with van der Waals surface area (Å²) < 4.78 is 14.4. The SMILES string of the molecule is COC(=O)COc1cc([N+](=O)[O-])ccc1OC. The number of hydrogen-bond donors (Lipinski definition) is 0. The predicted octanol–water partition coefficient (Wildman–Crippen LogP) is 1.16. The average molecular weight is 241 g/mol. The van der Waals surface area contributed by atoms with Crippen molar-refractivity contribution in [3.63, 3.8) is 0 Å². The highest BCUT2D eigenvalue weighted by Crippen LogP contribution is 2.30. The standard InChI is InChI=1S/C10H11NO6/c1-15-8-4-3-7(11(13)14)5-9(8)17-6-10(12)16-2/h3-5H,6H2,1-2H3. The maximum atomic E-state index is 10.9. The second kappa shape index (κ2) is 5.69. The van der Waals surface area contributed by atoms with Crippen LogP contribution >= 0.6 is 0 Å². The Labute approximate surface area is 97.0 Å². The quantitative estimate of drug-likeness (QED) is 0.436. The maximum absolute atomic E-state index is 10.9. The molecule has 92 valence electrons. The Kier molecular flexibility index (Phi) is 4.27. The van der Waals surface area contributed by atoms with Crippen molar-refractivity contribution in [2.24, 2.45) is 0 Å². The zero-order valence-electron chi connectivity index (χ0n) is 9.34. The lowest BCUT2D eigenvalue weighted by Crippen LogP contribution is -2.13. The molecular formula is C10H11NO6. The molecule has 0 radical (unpaired) electrons. The number of non-ortho nitro benzene ring substituents is 1. The van der Waals surface area contributed by atoms with Gasteiger partial charge in [0.15, 0.2) is 18.1 Å². The number of esters is 1. The van der Waals surface area contributed by atoms with Crippen LogP contribution in [0.3, 0.4) is 0 Å². The summed E-state index contributed by atoms with van der Waals surface area (Å²) in [6.07, 6.45) is 0. The maximum Gasteiger partial charge on any atom is 0.343 e. The molecular weight excluding hydrogens is 230 g/mol. The summed E-state index contributed by atoms with van der Waals surface area (Å²) in [5.74, 6) is -0.162. The Morgan fingerprint density at radius 2 is 2.06 bits per heavy atom. The van der Waals surface area contributed by atoms with Crippen LogP contribution in [0.5, 0.6) is 11.5 Å². The molecule has 0 amide bonds. The van der Waals surface area contributed by atoms with Gasteiger partial charge in [-0.1, -0.05) is 0 Å². The van der Waals surface area contributed by atoms with E-state index >= 15 is 0 Å². The van der Waals surface area contributed by atoms with Crippen LogP contribution in [-0.2, 0) is 9.53 Å². The number of nitro benzene ring substituents is 1. The summed E-state index contributed by atoms with van der Waals surface area (Å²) in [4.78, 5) is 20.9. The Balaban J connectivity index is 2.90. The van der Waals surface area contributed by atoms with E-state index in [9.17, 15) is 14.9 Å². The number of ether oxygens (including phenoxy) is 3. The summed E-state index contributed by atoms with van der Waals surface area (Å²) in [6.45, 7) is -0.339. The molecule has 17 heavy (non-hydrogen) atoms. The molecule has 0 aliphatic carbocycles. The number of benzene rings is 1. The average Bonchev–Trinajstić information content (AvgIpc) is 2.35. The van der Waals surface area contributed by atoms with Gasteiger partial charge in [-0.2, -0.15) is 0 Å². The summed E-state index contributed by atoms with van der Waals surface area (Å²) in [7, 11) is 2.61. The van der Waals surface area contributed by atoms with Crippen LogP contribution in [0.4, 0.5) is 5.69 Å². The number of carbonyl (C=O) groups is 1. The van der Waals surface area contributed by atoms with E-state index in [-0.39, 0.29) is 18.0 Å². The minimum Gasteiger partial charge on any atom is -0.493 e. The van der Waals surface area contributed by atoms with Crippen molar-refractivity contribution < 1.29 is 23.9 Å². The van der Waals surface area contributed by atoms with Gasteiger partial charge in [-0.15, -0.1) is 0 Å². The smallest absolute Gasteiger partial charge is 0.343 e. The third-order valence-electron chi connectivity index (χ3n) is 1.93. The van der Waals surface area contributed by atoms with Crippen molar-refractivity contribution in [2.75, 3.05) is 20.8 Å². The molecule has 0 saturated heterocycles. The Hall–Kier alpha value is -2.31. The third kappa shape index (κ3) is 3.33. The lowest BCUT2D eigenvalue weighted by atomic mass is 10.3. The highest BCUT2D eigenvalue weighted by atomic mass is 16.6. The fourth-order valence-electron chi connectivity index (χ4n) is 1.09. The van der Waals surface area contributed by atoms with E-state index in [1.54, 1.807) is 0 Å². The summed E-state index contributed by atoms with van der Waals surface area (Å²) in [5, 5.41) is 10.6. The number of hydrogen-bond acceptors (Lipinski definition) is 6. The Morgan fingerprint density at radius 1 is 1.35 bits per heavy atom. The van der Waals surface area contributed by atoms with Gasteiger partial charge in [-0.05, 0) is 6.07 Å². The van der Waals surface area contributed by atoms with Gasteiger partial charge >= 0.3 is 5.97 Å². The topological polar surface area (TPSA) is 87.9 Å². The Bertz CT molecular complexity index is 431. The van der Waals surface area contributed by atoms with Crippen LogP contribution in [0.25, 0.3) is 0 Å². The fraction of sp³-hybridized carbons (Fsp3) is 0.300. The monoisotopic (exact) mass is 241 g/mol. The molecule has 0 aliphatic rings. The molecule has 0 aliphatic heterocycles. The minimum absolute atomic E-state index is 0.118. The third-order valence-corrected chi connectivity index (χ3v) is 1.93. The molecule has 0 N–H and O–H groups in total. The first-order valence-electron chi connectivity index (χ1n) is 4.60.